The number of aryl methyl sites for hydroxylation is 2. The number of sulfonamides is 1. The third-order valence-corrected chi connectivity index (χ3v) is 7.16. The summed E-state index contributed by atoms with van der Waals surface area (Å²) in [4.78, 5) is 19.8. The molecule has 1 fully saturated rings. The average Bonchev–Trinajstić information content (AvgIpc) is 3.61. The maximum absolute atomic E-state index is 13.0. The van der Waals surface area contributed by atoms with Gasteiger partial charge in [0.25, 0.3) is 10.0 Å². The van der Waals surface area contributed by atoms with Crippen molar-refractivity contribution in [2.24, 2.45) is 11.7 Å². The van der Waals surface area contributed by atoms with Crippen LogP contribution in [0.15, 0.2) is 53.4 Å². The lowest BCUT2D eigenvalue weighted by molar-refractivity contribution is 0.0696. The molecule has 4 N–H and O–H groups in total. The molecule has 1 aromatic heterocycles. The fraction of sp³-hybridized carbons (Fsp3) is 0.320. The number of ether oxygens (including phenoxy) is 1. The maximum atomic E-state index is 13.0. The van der Waals surface area contributed by atoms with Crippen LogP contribution in [0.5, 0.6) is 5.88 Å². The number of carbonyl (C=O) groups is 1. The maximum Gasteiger partial charge on any atom is 0.335 e. The van der Waals surface area contributed by atoms with Crippen molar-refractivity contribution in [3.63, 3.8) is 0 Å². The van der Waals surface area contributed by atoms with Crippen molar-refractivity contribution in [2.45, 2.75) is 44.0 Å². The smallest absolute Gasteiger partial charge is 0.335 e. The van der Waals surface area contributed by atoms with E-state index in [0.717, 1.165) is 29.2 Å². The molecular formula is C25H28N4O5S. The van der Waals surface area contributed by atoms with Gasteiger partial charge < -0.3 is 15.6 Å². The largest absolute Gasteiger partial charge is 0.478 e. The summed E-state index contributed by atoms with van der Waals surface area (Å²) in [6.45, 7) is 4.13. The second-order valence-electron chi connectivity index (χ2n) is 8.87. The molecule has 0 bridgehead atoms. The van der Waals surface area contributed by atoms with Crippen molar-refractivity contribution in [1.82, 2.24) is 9.97 Å². The highest BCUT2D eigenvalue weighted by Gasteiger charge is 2.24. The number of aromatic carboxylic acids is 1. The van der Waals surface area contributed by atoms with Gasteiger partial charge in [0.1, 0.15) is 6.61 Å². The SMILES string of the molecule is Cc1cccc(C)c1-c1cc(OC[C@H](N)CC2CC2)nc(NS(=O)(=O)c2cccc(C(=O)O)c2)n1. The van der Waals surface area contributed by atoms with Crippen LogP contribution < -0.4 is 15.2 Å². The zero-order chi connectivity index (χ0) is 25.2. The number of benzene rings is 2. The molecule has 3 aromatic rings. The lowest BCUT2D eigenvalue weighted by Crippen LogP contribution is -2.28. The molecule has 184 valence electrons. The van der Waals surface area contributed by atoms with Gasteiger partial charge in [-0.3, -0.25) is 0 Å². The number of hydrogen-bond donors (Lipinski definition) is 3. The van der Waals surface area contributed by atoms with Crippen LogP contribution in [0.1, 0.15) is 40.7 Å². The molecule has 0 unspecified atom stereocenters. The molecule has 10 heteroatoms. The summed E-state index contributed by atoms with van der Waals surface area (Å²) in [7, 11) is -4.16. The van der Waals surface area contributed by atoms with E-state index in [0.29, 0.717) is 11.6 Å². The highest BCUT2D eigenvalue weighted by molar-refractivity contribution is 7.92. The molecule has 1 aliphatic rings. The van der Waals surface area contributed by atoms with E-state index in [1.165, 1.54) is 31.0 Å². The molecule has 1 aliphatic carbocycles. The molecule has 0 spiro atoms. The van der Waals surface area contributed by atoms with E-state index in [1.54, 1.807) is 6.07 Å². The molecule has 4 rings (SSSR count). The number of carboxylic acid groups (broad SMARTS) is 1. The Morgan fingerprint density at radius 3 is 2.49 bits per heavy atom. The van der Waals surface area contributed by atoms with Gasteiger partial charge in [0.2, 0.25) is 11.8 Å². The van der Waals surface area contributed by atoms with E-state index in [1.807, 2.05) is 32.0 Å². The number of nitrogens with zero attached hydrogens (tertiary/aromatic N) is 2. The molecule has 1 atom stereocenters. The zero-order valence-corrected chi connectivity index (χ0v) is 20.4. The van der Waals surface area contributed by atoms with E-state index in [-0.39, 0.29) is 34.9 Å². The summed E-state index contributed by atoms with van der Waals surface area (Å²) in [5.74, 6) is -0.570. The second-order valence-corrected chi connectivity index (χ2v) is 10.6. The molecule has 0 aliphatic heterocycles. The summed E-state index contributed by atoms with van der Waals surface area (Å²) in [5.41, 5.74) is 9.30. The van der Waals surface area contributed by atoms with Crippen LogP contribution in [0.25, 0.3) is 11.3 Å². The number of anilines is 1. The van der Waals surface area contributed by atoms with E-state index in [9.17, 15) is 18.3 Å². The van der Waals surface area contributed by atoms with Crippen LogP contribution in [0.4, 0.5) is 5.95 Å². The first-order valence-corrected chi connectivity index (χ1v) is 12.8. The fourth-order valence-electron chi connectivity index (χ4n) is 3.91. The third kappa shape index (κ3) is 6.14. The van der Waals surface area contributed by atoms with E-state index >= 15 is 0 Å². The summed E-state index contributed by atoms with van der Waals surface area (Å²) in [5, 5.41) is 9.21. The number of nitrogens with two attached hydrogens (primary N) is 1. The van der Waals surface area contributed by atoms with Crippen molar-refractivity contribution in [1.29, 1.82) is 0 Å². The molecule has 0 saturated heterocycles. The predicted octanol–water partition coefficient (Wildman–Crippen LogP) is 3.77. The molecule has 9 nitrogen and oxygen atoms in total. The molecule has 2 aromatic carbocycles. The van der Waals surface area contributed by atoms with Crippen LogP contribution in [-0.4, -0.2) is 42.1 Å². The Labute approximate surface area is 204 Å². The van der Waals surface area contributed by atoms with Crippen molar-refractivity contribution in [3.8, 4) is 17.1 Å². The highest BCUT2D eigenvalue weighted by atomic mass is 32.2. The monoisotopic (exact) mass is 496 g/mol. The van der Waals surface area contributed by atoms with Gasteiger partial charge in [-0.15, -0.1) is 0 Å². The first-order valence-electron chi connectivity index (χ1n) is 11.3. The van der Waals surface area contributed by atoms with Gasteiger partial charge in [0, 0.05) is 17.7 Å². The summed E-state index contributed by atoms with van der Waals surface area (Å²) in [6, 6.07) is 12.4. The molecule has 0 amide bonds. The van der Waals surface area contributed by atoms with Crippen molar-refractivity contribution >= 4 is 21.9 Å². The first kappa shape index (κ1) is 24.6. The van der Waals surface area contributed by atoms with Crippen LogP contribution in [-0.2, 0) is 10.0 Å². The van der Waals surface area contributed by atoms with E-state index in [4.69, 9.17) is 10.5 Å². The Bertz CT molecular complexity index is 1340. The Morgan fingerprint density at radius 1 is 1.14 bits per heavy atom. The van der Waals surface area contributed by atoms with Crippen molar-refractivity contribution in [2.75, 3.05) is 11.3 Å². The van der Waals surface area contributed by atoms with Gasteiger partial charge in [-0.1, -0.05) is 37.1 Å². The Kier molecular flexibility index (Phi) is 7.04. The number of aromatic nitrogens is 2. The number of hydrogen-bond acceptors (Lipinski definition) is 7. The highest BCUT2D eigenvalue weighted by Crippen LogP contribution is 2.33. The third-order valence-electron chi connectivity index (χ3n) is 5.84. The Hall–Kier alpha value is -3.50. The van der Waals surface area contributed by atoms with E-state index in [2.05, 4.69) is 14.7 Å². The van der Waals surface area contributed by atoms with Gasteiger partial charge in [0.05, 0.1) is 16.2 Å². The average molecular weight is 497 g/mol. The Morgan fingerprint density at radius 2 is 1.83 bits per heavy atom. The van der Waals surface area contributed by atoms with Gasteiger partial charge in [0.15, 0.2) is 0 Å². The fourth-order valence-corrected chi connectivity index (χ4v) is 4.90. The van der Waals surface area contributed by atoms with Gasteiger partial charge in [-0.05, 0) is 55.5 Å². The minimum atomic E-state index is -4.16. The minimum Gasteiger partial charge on any atom is -0.478 e. The lowest BCUT2D eigenvalue weighted by atomic mass is 10.00. The van der Waals surface area contributed by atoms with Crippen LogP contribution >= 0.6 is 0 Å². The molecule has 1 heterocycles. The number of carboxylic acids is 1. The summed E-state index contributed by atoms with van der Waals surface area (Å²) < 4.78 is 34.3. The van der Waals surface area contributed by atoms with Crippen LogP contribution in [0, 0.1) is 19.8 Å². The van der Waals surface area contributed by atoms with Crippen LogP contribution in [0.3, 0.4) is 0 Å². The molecule has 0 radical (unpaired) electrons. The lowest BCUT2D eigenvalue weighted by Gasteiger charge is -2.16. The predicted molar refractivity (Wildman–Crippen MR) is 132 cm³/mol. The number of nitrogens with one attached hydrogen (secondary N) is 1. The molecule has 35 heavy (non-hydrogen) atoms. The normalized spacial score (nSPS) is 14.4. The van der Waals surface area contributed by atoms with Gasteiger partial charge in [-0.25, -0.2) is 22.9 Å². The molecular weight excluding hydrogens is 468 g/mol. The van der Waals surface area contributed by atoms with Gasteiger partial charge in [-0.2, -0.15) is 4.98 Å². The summed E-state index contributed by atoms with van der Waals surface area (Å²) in [6.07, 6.45) is 3.24. The van der Waals surface area contributed by atoms with Crippen molar-refractivity contribution < 1.29 is 23.1 Å². The Balaban J connectivity index is 1.68. The minimum absolute atomic E-state index is 0.147. The zero-order valence-electron chi connectivity index (χ0n) is 19.6. The first-order chi connectivity index (χ1) is 16.6. The standard InChI is InChI=1S/C25H28N4O5S/c1-15-5-3-6-16(2)23(15)21-13-22(34-14-19(26)11-17-9-10-17)28-25(27-21)29-35(32,33)20-8-4-7-18(12-20)24(30)31/h3-8,12-13,17,19H,9-11,14,26H2,1-2H3,(H,30,31)(H,27,28,29)/t19-/m1/s1. The quantitative estimate of drug-likeness (QED) is 0.385. The second kappa shape index (κ2) is 10.0. The van der Waals surface area contributed by atoms with Gasteiger partial charge >= 0.3 is 5.97 Å². The number of rotatable bonds is 10. The topological polar surface area (TPSA) is 144 Å². The van der Waals surface area contributed by atoms with Crippen molar-refractivity contribution in [3.05, 3.63) is 65.2 Å². The molecule has 1 saturated carbocycles. The van der Waals surface area contributed by atoms with E-state index < -0.39 is 16.0 Å². The van der Waals surface area contributed by atoms with Crippen LogP contribution in [0.2, 0.25) is 0 Å². The summed E-state index contributed by atoms with van der Waals surface area (Å²) >= 11 is 0.